The molecule has 31 heteroatoms. The number of esters is 10. The zero-order valence-electron chi connectivity index (χ0n) is 54.0. The largest absolute Gasteiger partial charge is 0.493 e. The van der Waals surface area contributed by atoms with Gasteiger partial charge in [0.25, 0.3) is 0 Å². The lowest BCUT2D eigenvalue weighted by Gasteiger charge is -2.44. The molecule has 4 aliphatic heterocycles. The third-order valence-corrected chi connectivity index (χ3v) is 14.8. The Hall–Kier alpha value is -9.20. The minimum atomic E-state index is -1.66. The number of hydrogen-bond acceptors (Lipinski definition) is 31. The number of carbonyl (C=O) groups excluding carboxylic acids is 10. The summed E-state index contributed by atoms with van der Waals surface area (Å²) < 4.78 is 123. The molecule has 3 aromatic carbocycles. The Kier molecular flexibility index (Phi) is 25.0. The van der Waals surface area contributed by atoms with E-state index in [1.54, 1.807) is 30.3 Å². The lowest BCUT2D eigenvalue weighted by Crippen LogP contribution is -2.63. The molecule has 0 radical (unpaired) electrons. The number of hydrogen-bond donors (Lipinski definition) is 0. The van der Waals surface area contributed by atoms with Gasteiger partial charge in [-0.3, -0.25) is 47.9 Å². The van der Waals surface area contributed by atoms with E-state index < -0.39 is 165 Å². The molecule has 0 aliphatic carbocycles. The van der Waals surface area contributed by atoms with Crippen molar-refractivity contribution in [3.05, 3.63) is 65.2 Å². The SMILES string of the molecule is COc1cc([C@H]2OC[C@H]3[C@@H]2CO[C@@H]3c2cc(OC)c(O[C@H](COC(C)=O)[C@@H](OC(C)=O)c3ccc(O[C@@H]4O[C@H](COC(C)=O)[C@@H](OC(C)=O)[C@H](OC(C)=O)[C@H]4OC(C)=O)c(OC)c3)c(OC)c2)ccc1O[C@@H]1O[C@H](COC(C)=O)[C@@H](OC(C)=O)[C@H](OC(C)=O)[C@H]1OC(C)=O. The summed E-state index contributed by atoms with van der Waals surface area (Å²) in [4.78, 5) is 124. The fraction of sp³-hybridized carbons (Fsp3) is 0.556. The molecule has 31 nitrogen and oxygen atoms in total. The quantitative estimate of drug-likeness (QED) is 0.0756. The highest BCUT2D eigenvalue weighted by Crippen LogP contribution is 2.53. The van der Waals surface area contributed by atoms with Crippen LogP contribution < -0.4 is 33.2 Å². The van der Waals surface area contributed by atoms with Crippen LogP contribution >= 0.6 is 0 Å². The predicted octanol–water partition coefficient (Wildman–Crippen LogP) is 4.33. The Bertz CT molecular complexity index is 3230. The summed E-state index contributed by atoms with van der Waals surface area (Å²) in [5.41, 5.74) is 1.44. The van der Waals surface area contributed by atoms with E-state index in [2.05, 4.69) is 0 Å². The van der Waals surface area contributed by atoms with Crippen LogP contribution in [0.4, 0.5) is 0 Å². The van der Waals surface area contributed by atoms with Crippen LogP contribution in [0.2, 0.25) is 0 Å². The van der Waals surface area contributed by atoms with Crippen molar-refractivity contribution in [2.45, 2.75) is 155 Å². The Balaban J connectivity index is 1.15. The van der Waals surface area contributed by atoms with Gasteiger partial charge in [0.1, 0.15) is 32.0 Å². The second-order valence-electron chi connectivity index (χ2n) is 21.8. The highest BCUT2D eigenvalue weighted by atomic mass is 16.8. The van der Waals surface area contributed by atoms with Gasteiger partial charge in [-0.15, -0.1) is 0 Å². The van der Waals surface area contributed by atoms with Gasteiger partial charge in [-0.1, -0.05) is 12.1 Å². The van der Waals surface area contributed by atoms with Gasteiger partial charge < -0.3 is 99.5 Å². The molecule has 16 atom stereocenters. The van der Waals surface area contributed by atoms with Crippen LogP contribution in [0.15, 0.2) is 48.5 Å². The van der Waals surface area contributed by atoms with Crippen LogP contribution in [0, 0.1) is 11.8 Å². The second kappa shape index (κ2) is 32.6. The first kappa shape index (κ1) is 72.2. The van der Waals surface area contributed by atoms with Crippen molar-refractivity contribution in [3.63, 3.8) is 0 Å². The van der Waals surface area contributed by atoms with E-state index in [1.807, 2.05) is 0 Å². The Labute approximate surface area is 539 Å². The van der Waals surface area contributed by atoms with Crippen LogP contribution in [-0.2, 0) is 114 Å². The fourth-order valence-corrected chi connectivity index (χ4v) is 11.2. The molecule has 4 fully saturated rings. The first-order valence-electron chi connectivity index (χ1n) is 29.4. The summed E-state index contributed by atoms with van der Waals surface area (Å²) in [5.74, 6) is -8.09. The highest BCUT2D eigenvalue weighted by Gasteiger charge is 2.56. The van der Waals surface area contributed by atoms with E-state index in [4.69, 9.17) is 99.5 Å². The average Bonchev–Trinajstić information content (AvgIpc) is 1.47. The van der Waals surface area contributed by atoms with Gasteiger partial charge in [0.05, 0.1) is 53.9 Å². The van der Waals surface area contributed by atoms with Crippen molar-refractivity contribution < 1.29 is 147 Å². The minimum absolute atomic E-state index is 0.00745. The lowest BCUT2D eigenvalue weighted by atomic mass is 9.84. The zero-order chi connectivity index (χ0) is 68.8. The van der Waals surface area contributed by atoms with Gasteiger partial charge in [0.15, 0.2) is 71.1 Å². The first-order chi connectivity index (χ1) is 44.6. The average molecular weight is 1330 g/mol. The van der Waals surface area contributed by atoms with E-state index in [-0.39, 0.29) is 70.9 Å². The van der Waals surface area contributed by atoms with E-state index in [0.717, 1.165) is 62.3 Å². The number of fused-ring (bicyclic) bond motifs is 1. The normalized spacial score (nSPS) is 25.8. The van der Waals surface area contributed by atoms with Crippen LogP contribution in [0.3, 0.4) is 0 Å². The lowest BCUT2D eigenvalue weighted by molar-refractivity contribution is -0.288. The minimum Gasteiger partial charge on any atom is -0.493 e. The predicted molar refractivity (Wildman–Crippen MR) is 311 cm³/mol. The third kappa shape index (κ3) is 18.3. The molecule has 4 aliphatic rings. The van der Waals surface area contributed by atoms with Gasteiger partial charge in [-0.05, 0) is 47.5 Å². The van der Waals surface area contributed by atoms with Crippen LogP contribution in [0.1, 0.15) is 104 Å². The number of benzene rings is 3. The maximum Gasteiger partial charge on any atom is 0.303 e. The molecule has 514 valence electrons. The molecule has 0 aromatic heterocycles. The van der Waals surface area contributed by atoms with Gasteiger partial charge >= 0.3 is 59.7 Å². The summed E-state index contributed by atoms with van der Waals surface area (Å²) >= 11 is 0. The van der Waals surface area contributed by atoms with Crippen LogP contribution in [-0.4, -0.2) is 189 Å². The van der Waals surface area contributed by atoms with E-state index in [0.29, 0.717) is 11.1 Å². The number of rotatable bonds is 27. The highest BCUT2D eigenvalue weighted by molar-refractivity contribution is 5.71. The Morgan fingerprint density at radius 1 is 0.415 bits per heavy atom. The van der Waals surface area contributed by atoms with Crippen molar-refractivity contribution in [3.8, 4) is 40.2 Å². The maximum absolute atomic E-state index is 13.0. The van der Waals surface area contributed by atoms with Crippen molar-refractivity contribution in [2.75, 3.05) is 61.5 Å². The zero-order valence-corrected chi connectivity index (χ0v) is 54.0. The smallest absolute Gasteiger partial charge is 0.303 e. The standard InChI is InChI=1S/C63H76O31/c1-28(64)78-25-49(54(83-31(4)67)39-16-18-44(46(20-39)75-12)92-63-61(89-37(10)73)59(87-35(8)71)57(85-33(6)69)51(94-63)27-80-30(3)66)90-55-47(76-13)21-40(22-48(55)77-14)53-42-24-81-52(41(42)23-82-53)38-15-17-43(45(19-38)74-11)91-62-60(88-36(9)72)58(86-34(7)70)56(84-32(5)68)50(93-62)26-79-29(2)65/h15-22,41-42,49-54,56-63H,23-27H2,1-14H3/t41-,42-,49+,50+,51+,52+,53+,54-,56+,57+,58-,59-,60+,61+,62+,63+/m0/s1. The van der Waals surface area contributed by atoms with Gasteiger partial charge in [0.2, 0.25) is 30.5 Å². The summed E-state index contributed by atoms with van der Waals surface area (Å²) in [7, 11) is 5.44. The van der Waals surface area contributed by atoms with Gasteiger partial charge in [-0.25, -0.2) is 0 Å². The van der Waals surface area contributed by atoms with E-state index in [1.165, 1.54) is 53.6 Å². The molecule has 4 heterocycles. The third-order valence-electron chi connectivity index (χ3n) is 14.8. The Morgan fingerprint density at radius 2 is 0.798 bits per heavy atom. The second-order valence-corrected chi connectivity index (χ2v) is 21.8. The summed E-state index contributed by atoms with van der Waals surface area (Å²) in [6.45, 7) is 10.0. The summed E-state index contributed by atoms with van der Waals surface area (Å²) in [6.07, 6.45) is -18.8. The molecule has 0 unspecified atom stereocenters. The van der Waals surface area contributed by atoms with Crippen molar-refractivity contribution in [1.29, 1.82) is 0 Å². The van der Waals surface area contributed by atoms with Gasteiger partial charge in [-0.2, -0.15) is 0 Å². The molecular formula is C63H76O31. The fourth-order valence-electron chi connectivity index (χ4n) is 11.2. The first-order valence-corrected chi connectivity index (χ1v) is 29.4. The van der Waals surface area contributed by atoms with Crippen LogP contribution in [0.25, 0.3) is 0 Å². The van der Waals surface area contributed by atoms with E-state index in [9.17, 15) is 47.9 Å². The Morgan fingerprint density at radius 3 is 1.20 bits per heavy atom. The van der Waals surface area contributed by atoms with Crippen molar-refractivity contribution in [1.82, 2.24) is 0 Å². The topological polar surface area (TPSA) is 365 Å². The number of carbonyl (C=O) groups is 10. The van der Waals surface area contributed by atoms with Gasteiger partial charge in [0, 0.05) is 86.6 Å². The molecular weight excluding hydrogens is 1250 g/mol. The van der Waals surface area contributed by atoms with Crippen LogP contribution in [0.5, 0.6) is 40.2 Å². The van der Waals surface area contributed by atoms with E-state index >= 15 is 0 Å². The summed E-state index contributed by atoms with van der Waals surface area (Å²) in [6, 6.07) is 12.6. The molecule has 0 spiro atoms. The number of ether oxygens (including phenoxy) is 21. The van der Waals surface area contributed by atoms with Crippen molar-refractivity contribution in [2.24, 2.45) is 11.8 Å². The maximum atomic E-state index is 13.0. The summed E-state index contributed by atoms with van der Waals surface area (Å²) in [5, 5.41) is 0. The van der Waals surface area contributed by atoms with Crippen molar-refractivity contribution >= 4 is 59.7 Å². The molecule has 94 heavy (non-hydrogen) atoms. The molecule has 0 amide bonds. The molecule has 0 N–H and O–H groups in total. The molecule has 0 bridgehead atoms. The number of methoxy groups -OCH3 is 4. The molecule has 3 aromatic rings. The monoisotopic (exact) mass is 1330 g/mol. The molecule has 7 rings (SSSR count). The molecule has 0 saturated carbocycles. The molecule has 4 saturated heterocycles.